The number of fused-ring (bicyclic) bond motifs is 1. The number of ether oxygens (including phenoxy) is 1. The van der Waals surface area contributed by atoms with E-state index in [4.69, 9.17) is 4.74 Å². The molecule has 0 radical (unpaired) electrons. The highest BCUT2D eigenvalue weighted by molar-refractivity contribution is 5.84. The number of nitrogens with zero attached hydrogens (tertiary/aromatic N) is 6. The third kappa shape index (κ3) is 4.75. The van der Waals surface area contributed by atoms with Gasteiger partial charge in [0.05, 0.1) is 6.61 Å². The van der Waals surface area contributed by atoms with Crippen molar-refractivity contribution in [2.24, 2.45) is 0 Å². The summed E-state index contributed by atoms with van der Waals surface area (Å²) in [5.74, 6) is 0.807. The van der Waals surface area contributed by atoms with Gasteiger partial charge in [-0.25, -0.2) is 4.79 Å². The summed E-state index contributed by atoms with van der Waals surface area (Å²) in [7, 11) is 2.11. The van der Waals surface area contributed by atoms with Crippen LogP contribution in [0.5, 0.6) is 0 Å². The van der Waals surface area contributed by atoms with Gasteiger partial charge in [-0.05, 0) is 33.0 Å². The molecule has 0 aliphatic carbocycles. The third-order valence-corrected chi connectivity index (χ3v) is 4.73. The summed E-state index contributed by atoms with van der Waals surface area (Å²) in [4.78, 5) is 28.3. The largest absolute Gasteiger partial charge is 0.464 e. The first-order chi connectivity index (χ1) is 13.5. The number of likely N-dealkylation sites (N-methyl/N-ethyl adjacent to an activating group) is 1. The number of hydrogen-bond donors (Lipinski definition) is 1. The average Bonchev–Trinajstić information content (AvgIpc) is 3.09. The highest BCUT2D eigenvalue weighted by atomic mass is 16.5. The Bertz CT molecular complexity index is 830. The Hall–Kier alpha value is -2.75. The van der Waals surface area contributed by atoms with Crippen molar-refractivity contribution < 1.29 is 14.3 Å². The molecule has 1 aliphatic heterocycles. The van der Waals surface area contributed by atoms with Crippen molar-refractivity contribution in [2.45, 2.75) is 32.7 Å². The lowest BCUT2D eigenvalue weighted by Crippen LogP contribution is -2.45. The van der Waals surface area contributed by atoms with Crippen molar-refractivity contribution in [3.8, 4) is 0 Å². The molecule has 1 saturated heterocycles. The SMILES string of the molecule is CCOC(=O)[C@H](C)NC(=O)CCc1nnc2ccc(N3CCN(C)CC3)nn12. The highest BCUT2D eigenvalue weighted by Gasteiger charge is 2.19. The van der Waals surface area contributed by atoms with Gasteiger partial charge in [-0.15, -0.1) is 15.3 Å². The van der Waals surface area contributed by atoms with E-state index in [0.717, 1.165) is 32.0 Å². The van der Waals surface area contributed by atoms with E-state index in [9.17, 15) is 9.59 Å². The molecular formula is C18H27N7O3. The fourth-order valence-corrected chi connectivity index (χ4v) is 3.05. The zero-order valence-corrected chi connectivity index (χ0v) is 16.6. The van der Waals surface area contributed by atoms with Gasteiger partial charge in [-0.3, -0.25) is 4.79 Å². The molecule has 2 aromatic rings. The molecule has 0 aromatic carbocycles. The molecule has 3 heterocycles. The van der Waals surface area contributed by atoms with Crippen LogP contribution in [0.3, 0.4) is 0 Å². The van der Waals surface area contributed by atoms with Crippen LogP contribution < -0.4 is 10.2 Å². The predicted molar refractivity (Wildman–Crippen MR) is 103 cm³/mol. The summed E-state index contributed by atoms with van der Waals surface area (Å²) in [6, 6.07) is 3.16. The number of aromatic nitrogens is 4. The number of amides is 1. The van der Waals surface area contributed by atoms with Gasteiger partial charge < -0.3 is 19.9 Å². The van der Waals surface area contributed by atoms with Gasteiger partial charge in [-0.1, -0.05) is 0 Å². The van der Waals surface area contributed by atoms with Gasteiger partial charge in [0.2, 0.25) is 5.91 Å². The number of hydrogen-bond acceptors (Lipinski definition) is 8. The first kappa shape index (κ1) is 20.0. The number of aryl methyl sites for hydroxylation is 1. The third-order valence-electron chi connectivity index (χ3n) is 4.73. The predicted octanol–water partition coefficient (Wildman–Crippen LogP) is -0.123. The number of esters is 1. The molecular weight excluding hydrogens is 362 g/mol. The topological polar surface area (TPSA) is 105 Å². The lowest BCUT2D eigenvalue weighted by Gasteiger charge is -2.33. The van der Waals surface area contributed by atoms with E-state index in [2.05, 4.69) is 37.5 Å². The van der Waals surface area contributed by atoms with Crippen molar-refractivity contribution in [3.05, 3.63) is 18.0 Å². The molecule has 1 fully saturated rings. The van der Waals surface area contributed by atoms with Gasteiger partial charge in [0.15, 0.2) is 11.5 Å². The zero-order valence-electron chi connectivity index (χ0n) is 16.6. The first-order valence-corrected chi connectivity index (χ1v) is 9.58. The Morgan fingerprint density at radius 1 is 1.21 bits per heavy atom. The summed E-state index contributed by atoms with van der Waals surface area (Å²) in [6.07, 6.45) is 0.562. The Kier molecular flexibility index (Phi) is 6.40. The molecule has 1 aliphatic rings. The van der Waals surface area contributed by atoms with Crippen LogP contribution in [0.25, 0.3) is 5.65 Å². The summed E-state index contributed by atoms with van der Waals surface area (Å²) in [5.41, 5.74) is 0.646. The molecule has 0 unspecified atom stereocenters. The molecule has 0 saturated carbocycles. The number of carbonyl (C=O) groups is 2. The van der Waals surface area contributed by atoms with Crippen LogP contribution in [0.15, 0.2) is 12.1 Å². The summed E-state index contributed by atoms with van der Waals surface area (Å²) in [5, 5.41) is 15.6. The zero-order chi connectivity index (χ0) is 20.1. The minimum atomic E-state index is -0.676. The van der Waals surface area contributed by atoms with E-state index < -0.39 is 12.0 Å². The standard InChI is InChI=1S/C18H27N7O3/c1-4-28-18(27)13(2)19-17(26)8-7-15-21-20-14-5-6-16(22-25(14)15)24-11-9-23(3)10-12-24/h5-6,13H,4,7-12H2,1-3H3,(H,19,26)/t13-/m0/s1. The minimum absolute atomic E-state index is 0.185. The second kappa shape index (κ2) is 8.96. The Morgan fingerprint density at radius 3 is 2.68 bits per heavy atom. The second-order valence-electron chi connectivity index (χ2n) is 6.91. The molecule has 3 rings (SSSR count). The molecule has 152 valence electrons. The van der Waals surface area contributed by atoms with Gasteiger partial charge in [0.25, 0.3) is 0 Å². The van der Waals surface area contributed by atoms with E-state index in [1.165, 1.54) is 0 Å². The molecule has 10 heteroatoms. The van der Waals surface area contributed by atoms with Crippen molar-refractivity contribution in [2.75, 3.05) is 44.7 Å². The van der Waals surface area contributed by atoms with Crippen LogP contribution >= 0.6 is 0 Å². The first-order valence-electron chi connectivity index (χ1n) is 9.58. The van der Waals surface area contributed by atoms with Crippen LogP contribution in [0.2, 0.25) is 0 Å². The number of nitrogens with one attached hydrogen (secondary N) is 1. The van der Waals surface area contributed by atoms with Gasteiger partial charge in [0, 0.05) is 39.0 Å². The highest BCUT2D eigenvalue weighted by Crippen LogP contribution is 2.15. The normalized spacial score (nSPS) is 16.2. The summed E-state index contributed by atoms with van der Waals surface area (Å²) < 4.78 is 6.58. The molecule has 0 bridgehead atoms. The Labute approximate surface area is 163 Å². The monoisotopic (exact) mass is 389 g/mol. The fourth-order valence-electron chi connectivity index (χ4n) is 3.05. The van der Waals surface area contributed by atoms with E-state index in [1.54, 1.807) is 18.4 Å². The van der Waals surface area contributed by atoms with Gasteiger partial charge in [-0.2, -0.15) is 4.52 Å². The molecule has 1 N–H and O–H groups in total. The molecule has 0 spiro atoms. The number of piperazine rings is 1. The smallest absolute Gasteiger partial charge is 0.328 e. The van der Waals surface area contributed by atoms with Crippen LogP contribution in [-0.2, 0) is 20.7 Å². The van der Waals surface area contributed by atoms with E-state index in [0.29, 0.717) is 17.9 Å². The Morgan fingerprint density at radius 2 is 1.96 bits per heavy atom. The van der Waals surface area contributed by atoms with Crippen LogP contribution in [0.4, 0.5) is 5.82 Å². The lowest BCUT2D eigenvalue weighted by molar-refractivity contribution is -0.146. The quantitative estimate of drug-likeness (QED) is 0.654. The van der Waals surface area contributed by atoms with Crippen LogP contribution in [0, 0.1) is 0 Å². The molecule has 1 amide bonds. The number of rotatable bonds is 7. The van der Waals surface area contributed by atoms with Crippen molar-refractivity contribution in [3.63, 3.8) is 0 Å². The van der Waals surface area contributed by atoms with Crippen LogP contribution in [0.1, 0.15) is 26.1 Å². The summed E-state index contributed by atoms with van der Waals surface area (Å²) >= 11 is 0. The molecule has 1 atom stereocenters. The van der Waals surface area contributed by atoms with Gasteiger partial charge in [0.1, 0.15) is 11.9 Å². The molecule has 10 nitrogen and oxygen atoms in total. The van der Waals surface area contributed by atoms with Gasteiger partial charge >= 0.3 is 5.97 Å². The van der Waals surface area contributed by atoms with Crippen molar-refractivity contribution >= 4 is 23.3 Å². The minimum Gasteiger partial charge on any atom is -0.464 e. The van der Waals surface area contributed by atoms with Crippen molar-refractivity contribution in [1.29, 1.82) is 0 Å². The van der Waals surface area contributed by atoms with E-state index in [1.807, 2.05) is 12.1 Å². The maximum Gasteiger partial charge on any atom is 0.328 e. The number of carbonyl (C=O) groups excluding carboxylic acids is 2. The Balaban J connectivity index is 1.62. The van der Waals surface area contributed by atoms with Crippen molar-refractivity contribution in [1.82, 2.24) is 30.0 Å². The average molecular weight is 389 g/mol. The number of anilines is 1. The fraction of sp³-hybridized carbons (Fsp3) is 0.611. The van der Waals surface area contributed by atoms with E-state index >= 15 is 0 Å². The summed E-state index contributed by atoms with van der Waals surface area (Å²) in [6.45, 7) is 7.44. The molecule has 2 aromatic heterocycles. The maximum absolute atomic E-state index is 12.1. The second-order valence-corrected chi connectivity index (χ2v) is 6.91. The lowest BCUT2D eigenvalue weighted by atomic mass is 10.2. The van der Waals surface area contributed by atoms with Crippen LogP contribution in [-0.4, -0.2) is 82.5 Å². The van der Waals surface area contributed by atoms with E-state index in [-0.39, 0.29) is 18.9 Å². The molecule has 28 heavy (non-hydrogen) atoms. The maximum atomic E-state index is 12.1.